The van der Waals surface area contributed by atoms with Gasteiger partial charge in [0.1, 0.15) is 5.75 Å². The number of phenols is 1. The van der Waals surface area contributed by atoms with E-state index in [-0.39, 0.29) is 12.4 Å². The summed E-state index contributed by atoms with van der Waals surface area (Å²) in [4.78, 5) is 0. The first-order chi connectivity index (χ1) is 5.52. The molecule has 0 heterocycles. The quantitative estimate of drug-likeness (QED) is 0.542. The zero-order valence-electron chi connectivity index (χ0n) is 8.16. The van der Waals surface area contributed by atoms with E-state index in [1.54, 1.807) is 6.07 Å². The molecule has 3 heteroatoms. The molecule has 0 fully saturated rings. The maximum Gasteiger partial charge on any atom is 0.119 e. The number of hydrogen-bond donors (Lipinski definition) is 2. The number of halogens is 1. The summed E-state index contributed by atoms with van der Waals surface area (Å²) in [5, 5.41) is 9.53. The minimum absolute atomic E-state index is 0. The molecule has 0 aliphatic carbocycles. The van der Waals surface area contributed by atoms with Crippen molar-refractivity contribution in [3.05, 3.63) is 23.3 Å². The average molecular weight is 202 g/mol. The van der Waals surface area contributed by atoms with Gasteiger partial charge < -0.3 is 10.8 Å². The normalized spacial score (nSPS) is 9.85. The standard InChI is InChI=1S/C10H15NO.ClH/c1-6(2)8-5-9(11)7(3)4-10(8)12;/h4-6,12H,11H2,1-3H3;1H. The number of aryl methyl sites for hydroxylation is 1. The number of phenolic OH excluding ortho intramolecular Hbond substituents is 1. The molecular formula is C10H16ClNO. The Morgan fingerprint density at radius 3 is 2.31 bits per heavy atom. The van der Waals surface area contributed by atoms with Gasteiger partial charge in [-0.1, -0.05) is 13.8 Å². The van der Waals surface area contributed by atoms with Gasteiger partial charge in [-0.3, -0.25) is 0 Å². The van der Waals surface area contributed by atoms with Crippen LogP contribution >= 0.6 is 12.4 Å². The van der Waals surface area contributed by atoms with Crippen molar-refractivity contribution in [1.82, 2.24) is 0 Å². The number of benzene rings is 1. The van der Waals surface area contributed by atoms with Crippen LogP contribution in [-0.4, -0.2) is 5.11 Å². The highest BCUT2D eigenvalue weighted by atomic mass is 35.5. The molecular weight excluding hydrogens is 186 g/mol. The van der Waals surface area contributed by atoms with Crippen molar-refractivity contribution in [3.8, 4) is 5.75 Å². The van der Waals surface area contributed by atoms with E-state index in [4.69, 9.17) is 5.73 Å². The fourth-order valence-corrected chi connectivity index (χ4v) is 1.19. The van der Waals surface area contributed by atoms with Crippen molar-refractivity contribution >= 4 is 18.1 Å². The Balaban J connectivity index is 0.00000144. The summed E-state index contributed by atoms with van der Waals surface area (Å²) < 4.78 is 0. The largest absolute Gasteiger partial charge is 0.508 e. The smallest absolute Gasteiger partial charge is 0.119 e. The van der Waals surface area contributed by atoms with Crippen LogP contribution in [0, 0.1) is 6.92 Å². The van der Waals surface area contributed by atoms with Gasteiger partial charge in [0.15, 0.2) is 0 Å². The average Bonchev–Trinajstić information content (AvgIpc) is 1.96. The van der Waals surface area contributed by atoms with Gasteiger partial charge in [0.2, 0.25) is 0 Å². The molecule has 1 aromatic rings. The minimum Gasteiger partial charge on any atom is -0.508 e. The fraction of sp³-hybridized carbons (Fsp3) is 0.400. The molecule has 0 saturated heterocycles. The molecule has 13 heavy (non-hydrogen) atoms. The Bertz CT molecular complexity index is 297. The van der Waals surface area contributed by atoms with Crippen LogP contribution in [0.25, 0.3) is 0 Å². The van der Waals surface area contributed by atoms with E-state index in [9.17, 15) is 5.11 Å². The van der Waals surface area contributed by atoms with Gasteiger partial charge in [-0.05, 0) is 36.1 Å². The van der Waals surface area contributed by atoms with Crippen LogP contribution in [0.5, 0.6) is 5.75 Å². The van der Waals surface area contributed by atoms with Crippen LogP contribution in [0.3, 0.4) is 0 Å². The Hall–Kier alpha value is -0.890. The third-order valence-electron chi connectivity index (χ3n) is 2.04. The van der Waals surface area contributed by atoms with Crippen molar-refractivity contribution in [2.75, 3.05) is 5.73 Å². The molecule has 0 saturated carbocycles. The summed E-state index contributed by atoms with van der Waals surface area (Å²) in [5.41, 5.74) is 8.31. The topological polar surface area (TPSA) is 46.2 Å². The molecule has 74 valence electrons. The molecule has 0 aromatic heterocycles. The van der Waals surface area contributed by atoms with Crippen molar-refractivity contribution in [2.45, 2.75) is 26.7 Å². The Morgan fingerprint density at radius 2 is 1.85 bits per heavy atom. The van der Waals surface area contributed by atoms with E-state index in [0.717, 1.165) is 16.8 Å². The van der Waals surface area contributed by atoms with E-state index in [1.807, 2.05) is 26.8 Å². The van der Waals surface area contributed by atoms with E-state index < -0.39 is 0 Å². The van der Waals surface area contributed by atoms with Crippen LogP contribution < -0.4 is 5.73 Å². The maximum atomic E-state index is 9.53. The van der Waals surface area contributed by atoms with Crippen LogP contribution in [0.2, 0.25) is 0 Å². The molecule has 2 nitrogen and oxygen atoms in total. The van der Waals surface area contributed by atoms with Gasteiger partial charge >= 0.3 is 0 Å². The molecule has 0 unspecified atom stereocenters. The molecule has 0 radical (unpaired) electrons. The summed E-state index contributed by atoms with van der Waals surface area (Å²) in [5.74, 6) is 0.657. The summed E-state index contributed by atoms with van der Waals surface area (Å²) in [6.45, 7) is 5.95. The molecule has 0 aliphatic rings. The maximum absolute atomic E-state index is 9.53. The minimum atomic E-state index is 0. The van der Waals surface area contributed by atoms with Crippen molar-refractivity contribution in [2.24, 2.45) is 0 Å². The zero-order chi connectivity index (χ0) is 9.30. The number of rotatable bonds is 1. The predicted octanol–water partition coefficient (Wildman–Crippen LogP) is 2.83. The van der Waals surface area contributed by atoms with E-state index >= 15 is 0 Å². The second-order valence-corrected chi connectivity index (χ2v) is 3.42. The molecule has 0 atom stereocenters. The second kappa shape index (κ2) is 4.38. The third-order valence-corrected chi connectivity index (χ3v) is 2.04. The predicted molar refractivity (Wildman–Crippen MR) is 58.6 cm³/mol. The Labute approximate surface area is 85.2 Å². The Morgan fingerprint density at radius 1 is 1.31 bits per heavy atom. The number of nitrogens with two attached hydrogens (primary N) is 1. The molecule has 3 N–H and O–H groups in total. The highest BCUT2D eigenvalue weighted by Gasteiger charge is 2.07. The van der Waals surface area contributed by atoms with Crippen molar-refractivity contribution in [1.29, 1.82) is 0 Å². The summed E-state index contributed by atoms with van der Waals surface area (Å²) in [7, 11) is 0. The first kappa shape index (κ1) is 12.1. The van der Waals surface area contributed by atoms with Gasteiger partial charge in [0.05, 0.1) is 0 Å². The first-order valence-electron chi connectivity index (χ1n) is 4.11. The van der Waals surface area contributed by atoms with Crippen molar-refractivity contribution < 1.29 is 5.11 Å². The van der Waals surface area contributed by atoms with Crippen LogP contribution in [0.1, 0.15) is 30.9 Å². The second-order valence-electron chi connectivity index (χ2n) is 3.42. The molecule has 0 bridgehead atoms. The molecule has 0 amide bonds. The van der Waals surface area contributed by atoms with Crippen LogP contribution in [0.15, 0.2) is 12.1 Å². The number of anilines is 1. The lowest BCUT2D eigenvalue weighted by molar-refractivity contribution is 0.464. The van der Waals surface area contributed by atoms with Crippen molar-refractivity contribution in [3.63, 3.8) is 0 Å². The monoisotopic (exact) mass is 201 g/mol. The van der Waals surface area contributed by atoms with E-state index in [1.165, 1.54) is 0 Å². The van der Waals surface area contributed by atoms with E-state index in [2.05, 4.69) is 0 Å². The Kier molecular flexibility index (Phi) is 4.08. The number of aromatic hydroxyl groups is 1. The third kappa shape index (κ3) is 2.52. The summed E-state index contributed by atoms with van der Waals surface area (Å²) >= 11 is 0. The lowest BCUT2D eigenvalue weighted by Crippen LogP contribution is -1.94. The highest BCUT2D eigenvalue weighted by molar-refractivity contribution is 5.85. The van der Waals surface area contributed by atoms with Crippen LogP contribution in [0.4, 0.5) is 5.69 Å². The molecule has 1 rings (SSSR count). The SMILES string of the molecule is Cc1cc(O)c(C(C)C)cc1N.Cl. The number of nitrogen functional groups attached to an aromatic ring is 1. The first-order valence-corrected chi connectivity index (χ1v) is 4.11. The molecule has 0 aliphatic heterocycles. The van der Waals surface area contributed by atoms with Gasteiger partial charge in [-0.25, -0.2) is 0 Å². The van der Waals surface area contributed by atoms with Gasteiger partial charge in [0, 0.05) is 5.69 Å². The molecule has 1 aromatic carbocycles. The van der Waals surface area contributed by atoms with Gasteiger partial charge in [-0.2, -0.15) is 0 Å². The lowest BCUT2D eigenvalue weighted by Gasteiger charge is -2.10. The highest BCUT2D eigenvalue weighted by Crippen LogP contribution is 2.29. The lowest BCUT2D eigenvalue weighted by atomic mass is 9.99. The van der Waals surface area contributed by atoms with Crippen LogP contribution in [-0.2, 0) is 0 Å². The van der Waals surface area contributed by atoms with Gasteiger partial charge in [0.25, 0.3) is 0 Å². The van der Waals surface area contributed by atoms with Gasteiger partial charge in [-0.15, -0.1) is 12.4 Å². The summed E-state index contributed by atoms with van der Waals surface area (Å²) in [6.07, 6.45) is 0. The van der Waals surface area contributed by atoms with E-state index in [0.29, 0.717) is 11.7 Å². The molecule has 0 spiro atoms. The number of hydrogen-bond acceptors (Lipinski definition) is 2. The zero-order valence-corrected chi connectivity index (χ0v) is 8.98. The summed E-state index contributed by atoms with van der Waals surface area (Å²) in [6, 6.07) is 3.56. The fourth-order valence-electron chi connectivity index (χ4n) is 1.19.